The first-order valence-electron chi connectivity index (χ1n) is 9.19. The van der Waals surface area contributed by atoms with Crippen LogP contribution in [-0.4, -0.2) is 15.8 Å². The molecule has 0 aliphatic carbocycles. The van der Waals surface area contributed by atoms with Gasteiger partial charge in [0.05, 0.1) is 15.5 Å². The van der Waals surface area contributed by atoms with Crippen LogP contribution in [0, 0.1) is 41.0 Å². The Kier molecular flexibility index (Phi) is 6.00. The zero-order chi connectivity index (χ0) is 22.7. The fourth-order valence-corrected chi connectivity index (χ4v) is 2.86. The number of hydrogen-bond donors (Lipinski definition) is 1. The van der Waals surface area contributed by atoms with E-state index in [2.05, 4.69) is 5.32 Å². The van der Waals surface area contributed by atoms with Crippen molar-refractivity contribution < 1.29 is 23.8 Å². The second-order valence-electron chi connectivity index (χ2n) is 6.91. The lowest BCUT2D eigenvalue weighted by atomic mass is 10.1. The van der Waals surface area contributed by atoms with Crippen LogP contribution < -0.4 is 10.1 Å². The van der Waals surface area contributed by atoms with Crippen molar-refractivity contribution in [3.63, 3.8) is 0 Å². The van der Waals surface area contributed by atoms with Crippen molar-refractivity contribution in [2.75, 3.05) is 5.32 Å². The van der Waals surface area contributed by atoms with Crippen LogP contribution in [0.15, 0.2) is 46.9 Å². The first-order valence-corrected chi connectivity index (χ1v) is 9.19. The quantitative estimate of drug-likeness (QED) is 0.422. The highest BCUT2D eigenvalue weighted by Crippen LogP contribution is 2.32. The van der Waals surface area contributed by atoms with Crippen LogP contribution in [0.4, 0.5) is 17.1 Å². The molecule has 31 heavy (non-hydrogen) atoms. The van der Waals surface area contributed by atoms with Gasteiger partial charge in [0.15, 0.2) is 5.76 Å². The topological polar surface area (TPSA) is 138 Å². The maximum absolute atomic E-state index is 12.4. The Morgan fingerprint density at radius 3 is 2.19 bits per heavy atom. The summed E-state index contributed by atoms with van der Waals surface area (Å²) in [5.74, 6) is 0.281. The molecular formula is C21H19N3O7. The van der Waals surface area contributed by atoms with E-state index < -0.39 is 27.1 Å². The SMILES string of the molecule is Cc1ccc(OCc2ccc(C(=O)Nc3cc([N+](=O)[O-])c(C)c([N+](=O)[O-])c3)o2)cc1C. The van der Waals surface area contributed by atoms with Gasteiger partial charge in [0, 0.05) is 12.1 Å². The van der Waals surface area contributed by atoms with E-state index in [1.165, 1.54) is 13.0 Å². The molecule has 0 aliphatic heterocycles. The second kappa shape index (κ2) is 8.66. The van der Waals surface area contributed by atoms with E-state index in [1.807, 2.05) is 32.0 Å². The van der Waals surface area contributed by atoms with Gasteiger partial charge in [-0.1, -0.05) is 6.07 Å². The van der Waals surface area contributed by atoms with Gasteiger partial charge in [-0.3, -0.25) is 25.0 Å². The molecule has 3 rings (SSSR count). The molecule has 1 N–H and O–H groups in total. The van der Waals surface area contributed by atoms with E-state index in [1.54, 1.807) is 6.07 Å². The average molecular weight is 425 g/mol. The van der Waals surface area contributed by atoms with Gasteiger partial charge in [-0.2, -0.15) is 0 Å². The standard InChI is InChI=1S/C21H19N3O7/c1-12-4-5-16(8-13(12)2)30-11-17-6-7-20(31-17)21(25)22-15-9-18(23(26)27)14(3)19(10-15)24(28)29/h4-10H,11H2,1-3H3,(H,22,25). The average Bonchev–Trinajstić information content (AvgIpc) is 3.19. The Bertz CT molecular complexity index is 1150. The van der Waals surface area contributed by atoms with Crippen molar-refractivity contribution in [1.82, 2.24) is 0 Å². The summed E-state index contributed by atoms with van der Waals surface area (Å²) in [6.07, 6.45) is 0. The van der Waals surface area contributed by atoms with Gasteiger partial charge in [0.1, 0.15) is 23.7 Å². The third-order valence-electron chi connectivity index (χ3n) is 4.75. The fraction of sp³-hybridized carbons (Fsp3) is 0.190. The van der Waals surface area contributed by atoms with Crippen LogP contribution in [0.2, 0.25) is 0 Å². The van der Waals surface area contributed by atoms with Crippen molar-refractivity contribution in [1.29, 1.82) is 0 Å². The predicted octanol–water partition coefficient (Wildman–Crippen LogP) is 4.85. The Balaban J connectivity index is 1.73. The zero-order valence-electron chi connectivity index (χ0n) is 17.0. The number of anilines is 1. The molecule has 0 aliphatic rings. The minimum atomic E-state index is -0.743. The molecule has 10 heteroatoms. The molecule has 0 atom stereocenters. The highest BCUT2D eigenvalue weighted by Gasteiger charge is 2.24. The number of nitro benzene ring substituents is 2. The summed E-state index contributed by atoms with van der Waals surface area (Å²) in [4.78, 5) is 33.3. The van der Waals surface area contributed by atoms with Crippen LogP contribution in [-0.2, 0) is 6.61 Å². The summed E-state index contributed by atoms with van der Waals surface area (Å²) in [6, 6.07) is 10.8. The van der Waals surface area contributed by atoms with Crippen molar-refractivity contribution in [3.8, 4) is 5.75 Å². The number of ether oxygens (including phenoxy) is 1. The van der Waals surface area contributed by atoms with Crippen LogP contribution >= 0.6 is 0 Å². The Labute approximate surface area is 176 Å². The van der Waals surface area contributed by atoms with Crippen molar-refractivity contribution in [3.05, 3.63) is 90.9 Å². The van der Waals surface area contributed by atoms with Gasteiger partial charge in [-0.25, -0.2) is 0 Å². The lowest BCUT2D eigenvalue weighted by molar-refractivity contribution is -0.395. The van der Waals surface area contributed by atoms with E-state index in [9.17, 15) is 25.0 Å². The molecule has 1 heterocycles. The highest BCUT2D eigenvalue weighted by atomic mass is 16.6. The number of carbonyl (C=O) groups is 1. The van der Waals surface area contributed by atoms with E-state index >= 15 is 0 Å². The largest absolute Gasteiger partial charge is 0.486 e. The molecular weight excluding hydrogens is 406 g/mol. The number of nitrogens with zero attached hydrogens (tertiary/aromatic N) is 2. The van der Waals surface area contributed by atoms with Gasteiger partial charge < -0.3 is 14.5 Å². The molecule has 2 aromatic carbocycles. The number of aryl methyl sites for hydroxylation is 2. The van der Waals surface area contributed by atoms with Crippen LogP contribution in [0.5, 0.6) is 5.75 Å². The molecule has 0 spiro atoms. The van der Waals surface area contributed by atoms with Crippen LogP contribution in [0.3, 0.4) is 0 Å². The molecule has 0 unspecified atom stereocenters. The van der Waals surface area contributed by atoms with Crippen LogP contribution in [0.25, 0.3) is 0 Å². The molecule has 0 fully saturated rings. The summed E-state index contributed by atoms with van der Waals surface area (Å²) in [5, 5.41) is 24.7. The molecule has 0 saturated heterocycles. The summed E-state index contributed by atoms with van der Waals surface area (Å²) in [7, 11) is 0. The van der Waals surface area contributed by atoms with E-state index in [0.717, 1.165) is 23.3 Å². The summed E-state index contributed by atoms with van der Waals surface area (Å²) < 4.78 is 11.1. The first kappa shape index (κ1) is 21.5. The number of furan rings is 1. The molecule has 0 radical (unpaired) electrons. The van der Waals surface area contributed by atoms with Gasteiger partial charge in [0.2, 0.25) is 0 Å². The lowest BCUT2D eigenvalue weighted by Gasteiger charge is -2.07. The predicted molar refractivity (Wildman–Crippen MR) is 111 cm³/mol. The molecule has 0 saturated carbocycles. The first-order chi connectivity index (χ1) is 14.7. The Morgan fingerprint density at radius 1 is 0.968 bits per heavy atom. The van der Waals surface area contributed by atoms with Crippen molar-refractivity contribution in [2.24, 2.45) is 0 Å². The molecule has 160 valence electrons. The highest BCUT2D eigenvalue weighted by molar-refractivity contribution is 6.02. The van der Waals surface area contributed by atoms with Gasteiger partial charge in [-0.15, -0.1) is 0 Å². The van der Waals surface area contributed by atoms with E-state index in [4.69, 9.17) is 9.15 Å². The van der Waals surface area contributed by atoms with Crippen LogP contribution in [0.1, 0.15) is 33.0 Å². The molecule has 1 amide bonds. The van der Waals surface area contributed by atoms with Gasteiger partial charge in [0.25, 0.3) is 17.3 Å². The van der Waals surface area contributed by atoms with Crippen molar-refractivity contribution in [2.45, 2.75) is 27.4 Å². The smallest absolute Gasteiger partial charge is 0.291 e. The number of rotatable bonds is 7. The third kappa shape index (κ3) is 4.86. The Hall–Kier alpha value is -4.21. The normalized spacial score (nSPS) is 10.5. The van der Waals surface area contributed by atoms with E-state index in [-0.39, 0.29) is 23.6 Å². The fourth-order valence-electron chi connectivity index (χ4n) is 2.86. The molecule has 10 nitrogen and oxygen atoms in total. The minimum Gasteiger partial charge on any atom is -0.486 e. The third-order valence-corrected chi connectivity index (χ3v) is 4.75. The molecule has 0 bridgehead atoms. The van der Waals surface area contributed by atoms with E-state index in [0.29, 0.717) is 11.5 Å². The summed E-state index contributed by atoms with van der Waals surface area (Å²) in [5.41, 5.74) is 1.10. The van der Waals surface area contributed by atoms with Crippen molar-refractivity contribution >= 4 is 23.0 Å². The number of hydrogen-bond acceptors (Lipinski definition) is 7. The number of carbonyl (C=O) groups excluding carboxylic acids is 1. The minimum absolute atomic E-state index is 0.0652. The Morgan fingerprint density at radius 2 is 1.61 bits per heavy atom. The monoisotopic (exact) mass is 425 g/mol. The lowest BCUT2D eigenvalue weighted by Crippen LogP contribution is -2.12. The molecule has 3 aromatic rings. The summed E-state index contributed by atoms with van der Waals surface area (Å²) >= 11 is 0. The number of nitro groups is 2. The maximum atomic E-state index is 12.4. The number of benzene rings is 2. The maximum Gasteiger partial charge on any atom is 0.291 e. The second-order valence-corrected chi connectivity index (χ2v) is 6.91. The zero-order valence-corrected chi connectivity index (χ0v) is 17.0. The molecule has 1 aromatic heterocycles. The number of amides is 1. The van der Waals surface area contributed by atoms with Gasteiger partial charge >= 0.3 is 0 Å². The summed E-state index contributed by atoms with van der Waals surface area (Å²) in [6.45, 7) is 5.33. The number of nitrogens with one attached hydrogen (secondary N) is 1. The van der Waals surface area contributed by atoms with Gasteiger partial charge in [-0.05, 0) is 56.2 Å².